The third-order valence-corrected chi connectivity index (χ3v) is 5.89. The van der Waals surface area contributed by atoms with Crippen molar-refractivity contribution in [3.63, 3.8) is 0 Å². The van der Waals surface area contributed by atoms with Gasteiger partial charge < -0.3 is 26.0 Å². The molecular formula is C22H27N7O4. The number of nitrogens with one attached hydrogen (secondary N) is 3. The fourth-order valence-corrected chi connectivity index (χ4v) is 4.09. The summed E-state index contributed by atoms with van der Waals surface area (Å²) in [4.78, 5) is 49.2. The first kappa shape index (κ1) is 22.3. The quantitative estimate of drug-likeness (QED) is 0.351. The van der Waals surface area contributed by atoms with E-state index in [0.717, 1.165) is 24.2 Å². The number of fused-ring (bicyclic) bond motifs is 1. The van der Waals surface area contributed by atoms with Crippen molar-refractivity contribution < 1.29 is 14.7 Å². The van der Waals surface area contributed by atoms with Crippen LogP contribution in [0.5, 0.6) is 0 Å². The number of nitrogens with two attached hydrogens (primary N) is 1. The summed E-state index contributed by atoms with van der Waals surface area (Å²) in [5.74, 6) is 0.0782. The number of hydrogen-bond acceptors (Lipinski definition) is 6. The summed E-state index contributed by atoms with van der Waals surface area (Å²) >= 11 is 0. The molecule has 0 radical (unpaired) electrons. The zero-order chi connectivity index (χ0) is 23.4. The average molecular weight is 454 g/mol. The summed E-state index contributed by atoms with van der Waals surface area (Å²) in [7, 11) is 0. The van der Waals surface area contributed by atoms with E-state index in [1.54, 1.807) is 6.20 Å². The van der Waals surface area contributed by atoms with Gasteiger partial charge in [-0.25, -0.2) is 4.79 Å². The van der Waals surface area contributed by atoms with Gasteiger partial charge in [0.1, 0.15) is 5.65 Å². The number of carbonyl (C=O) groups is 2. The second-order valence-corrected chi connectivity index (χ2v) is 8.05. The van der Waals surface area contributed by atoms with Crippen LogP contribution in [0.3, 0.4) is 0 Å². The van der Waals surface area contributed by atoms with Gasteiger partial charge in [-0.05, 0) is 36.1 Å². The Balaban J connectivity index is 1.30. The first-order chi connectivity index (χ1) is 15.9. The molecule has 0 bridgehead atoms. The summed E-state index contributed by atoms with van der Waals surface area (Å²) in [6.07, 6.45) is 2.13. The molecule has 0 spiro atoms. The molecule has 2 amide bonds. The lowest BCUT2D eigenvalue weighted by atomic mass is 10.0. The molecule has 6 N–H and O–H groups in total. The number of nitrogen functional groups attached to an aromatic ring is 1. The Morgan fingerprint density at radius 3 is 2.55 bits per heavy atom. The minimum Gasteiger partial charge on any atom is -0.465 e. The normalized spacial score (nSPS) is 14.5. The van der Waals surface area contributed by atoms with Crippen LogP contribution >= 0.6 is 0 Å². The maximum absolute atomic E-state index is 12.8. The highest BCUT2D eigenvalue weighted by atomic mass is 16.4. The predicted octanol–water partition coefficient (Wildman–Crippen LogP) is 0.644. The van der Waals surface area contributed by atoms with Crippen LogP contribution in [0, 0.1) is 0 Å². The molecule has 1 aromatic carbocycles. The minimum atomic E-state index is -1.02. The van der Waals surface area contributed by atoms with Crippen molar-refractivity contribution in [2.75, 3.05) is 45.0 Å². The topological polar surface area (TPSA) is 160 Å². The van der Waals surface area contributed by atoms with Gasteiger partial charge in [0.2, 0.25) is 5.95 Å². The molecule has 1 aliphatic heterocycles. The van der Waals surface area contributed by atoms with Gasteiger partial charge in [0.15, 0.2) is 0 Å². The van der Waals surface area contributed by atoms with Crippen LogP contribution in [0.15, 0.2) is 35.3 Å². The molecule has 2 aromatic heterocycles. The van der Waals surface area contributed by atoms with Crippen LogP contribution in [0.25, 0.3) is 11.0 Å². The maximum Gasteiger partial charge on any atom is 0.404 e. The summed E-state index contributed by atoms with van der Waals surface area (Å²) in [6.45, 7) is 3.67. The molecule has 11 heteroatoms. The Hall–Kier alpha value is -3.86. The van der Waals surface area contributed by atoms with Crippen LogP contribution in [0.4, 0.5) is 10.7 Å². The highest BCUT2D eigenvalue weighted by Crippen LogP contribution is 2.16. The monoisotopic (exact) mass is 453 g/mol. The minimum absolute atomic E-state index is 0.00307. The first-order valence-electron chi connectivity index (χ1n) is 10.8. The van der Waals surface area contributed by atoms with Crippen molar-refractivity contribution in [3.8, 4) is 0 Å². The fraction of sp³-hybridized carbons (Fsp3) is 0.364. The van der Waals surface area contributed by atoms with Crippen molar-refractivity contribution >= 4 is 29.0 Å². The van der Waals surface area contributed by atoms with Crippen molar-refractivity contribution in [2.24, 2.45) is 0 Å². The third kappa shape index (κ3) is 5.32. The summed E-state index contributed by atoms with van der Waals surface area (Å²) in [5.41, 5.74) is 8.38. The second-order valence-electron chi connectivity index (χ2n) is 8.05. The molecule has 0 saturated carbocycles. The van der Waals surface area contributed by atoms with Crippen LogP contribution in [-0.4, -0.2) is 81.1 Å². The molecule has 1 aliphatic rings. The fourth-order valence-electron chi connectivity index (χ4n) is 4.09. The maximum atomic E-state index is 12.8. The lowest BCUT2D eigenvalue weighted by Gasteiger charge is -2.34. The van der Waals surface area contributed by atoms with Gasteiger partial charge >= 0.3 is 6.09 Å². The van der Waals surface area contributed by atoms with E-state index in [1.165, 1.54) is 0 Å². The van der Waals surface area contributed by atoms with Crippen molar-refractivity contribution in [3.05, 3.63) is 57.5 Å². The third-order valence-electron chi connectivity index (χ3n) is 5.89. The molecule has 1 saturated heterocycles. The number of aromatic nitrogens is 3. The zero-order valence-corrected chi connectivity index (χ0v) is 18.1. The standard InChI is InChI=1S/C22H27N7O4/c23-21-26-18-17(19(30)27-21)16(13-25-18)6-3-14-1-4-15(5-2-14)20(31)29-11-9-28(10-12-29)8-7-24-22(32)33/h1-2,4-5,13,24H,3,6-12H2,(H,32,33)(H4,23,25,26,27,30). The SMILES string of the molecule is Nc1nc2[nH]cc(CCc3ccc(C(=O)N4CCN(CCNC(=O)O)CC4)cc3)c2c(=O)[nH]1. The summed E-state index contributed by atoms with van der Waals surface area (Å²) < 4.78 is 0. The molecule has 3 aromatic rings. The highest BCUT2D eigenvalue weighted by molar-refractivity contribution is 5.94. The van der Waals surface area contributed by atoms with Gasteiger partial charge in [0.25, 0.3) is 11.5 Å². The lowest BCUT2D eigenvalue weighted by Crippen LogP contribution is -2.50. The Morgan fingerprint density at radius 2 is 1.85 bits per heavy atom. The van der Waals surface area contributed by atoms with Gasteiger partial charge in [-0.3, -0.25) is 19.5 Å². The number of aromatic amines is 2. The molecule has 33 heavy (non-hydrogen) atoms. The smallest absolute Gasteiger partial charge is 0.404 e. The predicted molar refractivity (Wildman–Crippen MR) is 123 cm³/mol. The molecule has 0 aliphatic carbocycles. The van der Waals surface area contributed by atoms with Gasteiger partial charge in [0, 0.05) is 51.0 Å². The van der Waals surface area contributed by atoms with E-state index in [0.29, 0.717) is 55.6 Å². The van der Waals surface area contributed by atoms with E-state index in [2.05, 4.69) is 25.2 Å². The number of rotatable bonds is 7. The van der Waals surface area contributed by atoms with Crippen LogP contribution in [0.1, 0.15) is 21.5 Å². The van der Waals surface area contributed by atoms with E-state index < -0.39 is 6.09 Å². The summed E-state index contributed by atoms with van der Waals surface area (Å²) in [5, 5.41) is 11.5. The number of hydrogen-bond donors (Lipinski definition) is 5. The number of amides is 2. The molecule has 0 atom stereocenters. The van der Waals surface area contributed by atoms with Crippen molar-refractivity contribution in [2.45, 2.75) is 12.8 Å². The Kier molecular flexibility index (Phi) is 6.59. The number of piperazine rings is 1. The first-order valence-corrected chi connectivity index (χ1v) is 10.8. The van der Waals surface area contributed by atoms with Crippen molar-refractivity contribution in [1.29, 1.82) is 0 Å². The molecule has 1 fully saturated rings. The number of nitrogens with zero attached hydrogens (tertiary/aromatic N) is 3. The molecule has 4 rings (SSSR count). The summed E-state index contributed by atoms with van der Waals surface area (Å²) in [6, 6.07) is 7.56. The van der Waals surface area contributed by atoms with E-state index in [4.69, 9.17) is 10.8 Å². The molecular weight excluding hydrogens is 426 g/mol. The number of aryl methyl sites for hydroxylation is 2. The second kappa shape index (κ2) is 9.74. The molecule has 3 heterocycles. The molecule has 11 nitrogen and oxygen atoms in total. The van der Waals surface area contributed by atoms with Crippen LogP contribution < -0.4 is 16.6 Å². The number of carboxylic acid groups (broad SMARTS) is 1. The van der Waals surface area contributed by atoms with Gasteiger partial charge in [-0.1, -0.05) is 12.1 Å². The number of anilines is 1. The zero-order valence-electron chi connectivity index (χ0n) is 18.1. The average Bonchev–Trinajstić information content (AvgIpc) is 3.21. The highest BCUT2D eigenvalue weighted by Gasteiger charge is 2.22. The number of benzene rings is 1. The van der Waals surface area contributed by atoms with Crippen LogP contribution in [-0.2, 0) is 12.8 Å². The van der Waals surface area contributed by atoms with E-state index in [9.17, 15) is 14.4 Å². The number of H-pyrrole nitrogens is 2. The Bertz CT molecular complexity index is 1190. The molecule has 0 unspecified atom stereocenters. The van der Waals surface area contributed by atoms with Gasteiger partial charge in [-0.15, -0.1) is 0 Å². The van der Waals surface area contributed by atoms with Crippen molar-refractivity contribution in [1.82, 2.24) is 30.1 Å². The largest absolute Gasteiger partial charge is 0.465 e. The van der Waals surface area contributed by atoms with Crippen LogP contribution in [0.2, 0.25) is 0 Å². The van der Waals surface area contributed by atoms with E-state index >= 15 is 0 Å². The number of carbonyl (C=O) groups excluding carboxylic acids is 1. The van der Waals surface area contributed by atoms with E-state index in [-0.39, 0.29) is 17.4 Å². The lowest BCUT2D eigenvalue weighted by molar-refractivity contribution is 0.0639. The Morgan fingerprint density at radius 1 is 1.12 bits per heavy atom. The Labute approximate surface area is 189 Å². The molecule has 174 valence electrons. The van der Waals surface area contributed by atoms with Gasteiger partial charge in [-0.2, -0.15) is 4.98 Å². The van der Waals surface area contributed by atoms with Gasteiger partial charge in [0.05, 0.1) is 5.39 Å². The van der Waals surface area contributed by atoms with E-state index in [1.807, 2.05) is 29.2 Å².